The molecule has 0 aliphatic carbocycles. The van der Waals surface area contributed by atoms with Crippen LogP contribution in [0, 0.1) is 0 Å². The third-order valence-corrected chi connectivity index (χ3v) is 6.29. The Morgan fingerprint density at radius 1 is 0.912 bits per heavy atom. The van der Waals surface area contributed by atoms with Crippen molar-refractivity contribution < 1.29 is 9.53 Å². The van der Waals surface area contributed by atoms with Crippen LogP contribution in [0.4, 0.5) is 10.5 Å². The van der Waals surface area contributed by atoms with Crippen molar-refractivity contribution in [2.45, 2.75) is 39.5 Å². The Labute approximate surface area is 213 Å². The molecule has 0 aliphatic heterocycles. The van der Waals surface area contributed by atoms with Gasteiger partial charge < -0.3 is 19.9 Å². The molecule has 1 aromatic heterocycles. The van der Waals surface area contributed by atoms with Crippen LogP contribution in [0.2, 0.25) is 15.1 Å². The Kier molecular flexibility index (Phi) is 7.17. The molecule has 4 aromatic rings. The number of hydrogen-bond donors (Lipinski definition) is 2. The van der Waals surface area contributed by atoms with Crippen molar-refractivity contribution in [1.29, 1.82) is 0 Å². The number of ether oxygens (including phenoxy) is 1. The van der Waals surface area contributed by atoms with Gasteiger partial charge in [0.25, 0.3) is 0 Å². The van der Waals surface area contributed by atoms with E-state index in [2.05, 4.69) is 27.3 Å². The normalized spacial score (nSPS) is 11.7. The number of carbonyl (C=O) groups excluding carboxylic acids is 1. The van der Waals surface area contributed by atoms with Crippen LogP contribution in [0.1, 0.15) is 26.3 Å². The standard InChI is InChI=1S/C26H26Cl3N3O2/c1-26(2,3)34-25(33)30-10-11-32-23-8-5-17(27)13-19(23)20-14-18(6-9-24(20)32)31-15-16-4-7-21(28)22(29)12-16/h4-9,12-14,31H,10-11,15H2,1-3H3,(H,30,33). The maximum Gasteiger partial charge on any atom is 0.407 e. The van der Waals surface area contributed by atoms with Gasteiger partial charge in [0.15, 0.2) is 0 Å². The first kappa shape index (κ1) is 24.5. The monoisotopic (exact) mass is 517 g/mol. The predicted octanol–water partition coefficient (Wildman–Crippen LogP) is 7.89. The minimum absolute atomic E-state index is 0.426. The van der Waals surface area contributed by atoms with Crippen LogP contribution in [0.15, 0.2) is 54.6 Å². The van der Waals surface area contributed by atoms with E-state index in [4.69, 9.17) is 39.5 Å². The van der Waals surface area contributed by atoms with Crippen LogP contribution in [0.5, 0.6) is 0 Å². The van der Waals surface area contributed by atoms with E-state index in [0.717, 1.165) is 33.1 Å². The molecule has 0 bridgehead atoms. The van der Waals surface area contributed by atoms with Gasteiger partial charge in [-0.2, -0.15) is 0 Å². The van der Waals surface area contributed by atoms with E-state index in [9.17, 15) is 4.79 Å². The van der Waals surface area contributed by atoms with Gasteiger partial charge >= 0.3 is 6.09 Å². The largest absolute Gasteiger partial charge is 0.444 e. The van der Waals surface area contributed by atoms with E-state index < -0.39 is 11.7 Å². The van der Waals surface area contributed by atoms with Gasteiger partial charge in [-0.15, -0.1) is 0 Å². The molecule has 0 saturated heterocycles. The van der Waals surface area contributed by atoms with Gasteiger partial charge in [0.2, 0.25) is 0 Å². The fourth-order valence-electron chi connectivity index (χ4n) is 3.86. The smallest absolute Gasteiger partial charge is 0.407 e. The number of amides is 1. The van der Waals surface area contributed by atoms with Crippen molar-refractivity contribution in [3.8, 4) is 0 Å². The number of halogens is 3. The lowest BCUT2D eigenvalue weighted by atomic mass is 10.1. The summed E-state index contributed by atoms with van der Waals surface area (Å²) >= 11 is 18.5. The van der Waals surface area contributed by atoms with Crippen molar-refractivity contribution in [2.24, 2.45) is 0 Å². The van der Waals surface area contributed by atoms with Gasteiger partial charge in [-0.3, -0.25) is 0 Å². The van der Waals surface area contributed by atoms with E-state index >= 15 is 0 Å². The van der Waals surface area contributed by atoms with Crippen molar-refractivity contribution in [1.82, 2.24) is 9.88 Å². The molecule has 0 atom stereocenters. The van der Waals surface area contributed by atoms with Crippen LogP contribution in [0.3, 0.4) is 0 Å². The quantitative estimate of drug-likeness (QED) is 0.273. The van der Waals surface area contributed by atoms with Crippen LogP contribution in [-0.4, -0.2) is 22.8 Å². The van der Waals surface area contributed by atoms with E-state index in [1.807, 2.05) is 57.2 Å². The second-order valence-corrected chi connectivity index (χ2v) is 10.3. The SMILES string of the molecule is CC(C)(C)OC(=O)NCCn1c2ccc(Cl)cc2c2cc(NCc3ccc(Cl)c(Cl)c3)ccc21. The summed E-state index contributed by atoms with van der Waals surface area (Å²) in [5, 5.41) is 10.2. The van der Waals surface area contributed by atoms with E-state index in [-0.39, 0.29) is 0 Å². The number of aromatic nitrogens is 1. The fraction of sp³-hybridized carbons (Fsp3) is 0.269. The van der Waals surface area contributed by atoms with Crippen LogP contribution in [0.25, 0.3) is 21.8 Å². The number of carbonyl (C=O) groups is 1. The third kappa shape index (κ3) is 5.72. The molecule has 8 heteroatoms. The molecule has 4 rings (SSSR count). The maximum atomic E-state index is 12.0. The molecule has 0 fully saturated rings. The lowest BCUT2D eigenvalue weighted by molar-refractivity contribution is 0.0526. The summed E-state index contributed by atoms with van der Waals surface area (Å²) < 4.78 is 7.52. The Bertz CT molecular complexity index is 1360. The van der Waals surface area contributed by atoms with Crippen molar-refractivity contribution in [2.75, 3.05) is 11.9 Å². The van der Waals surface area contributed by atoms with Crippen LogP contribution >= 0.6 is 34.8 Å². The average Bonchev–Trinajstić information content (AvgIpc) is 3.06. The fourth-order valence-corrected chi connectivity index (χ4v) is 4.36. The number of nitrogens with one attached hydrogen (secondary N) is 2. The molecule has 178 valence electrons. The zero-order valence-corrected chi connectivity index (χ0v) is 21.5. The Hall–Kier alpha value is -2.60. The summed E-state index contributed by atoms with van der Waals surface area (Å²) in [6, 6.07) is 17.7. The van der Waals surface area contributed by atoms with Gasteiger partial charge in [0.1, 0.15) is 5.60 Å². The second kappa shape index (κ2) is 9.95. The molecule has 2 N–H and O–H groups in total. The first-order valence-corrected chi connectivity index (χ1v) is 12.1. The van der Waals surface area contributed by atoms with Crippen molar-refractivity contribution >= 4 is 68.4 Å². The number of fused-ring (bicyclic) bond motifs is 3. The summed E-state index contributed by atoms with van der Waals surface area (Å²) in [7, 11) is 0. The minimum Gasteiger partial charge on any atom is -0.444 e. The lowest BCUT2D eigenvalue weighted by Gasteiger charge is -2.19. The summed E-state index contributed by atoms with van der Waals surface area (Å²) in [6.45, 7) is 7.18. The summed E-state index contributed by atoms with van der Waals surface area (Å²) in [4.78, 5) is 12.0. The molecule has 1 heterocycles. The first-order valence-electron chi connectivity index (χ1n) is 11.0. The zero-order chi connectivity index (χ0) is 24.5. The minimum atomic E-state index is -0.533. The van der Waals surface area contributed by atoms with Crippen LogP contribution in [-0.2, 0) is 17.8 Å². The van der Waals surface area contributed by atoms with Gasteiger partial charge in [0.05, 0.1) is 10.0 Å². The molecule has 5 nitrogen and oxygen atoms in total. The number of hydrogen-bond acceptors (Lipinski definition) is 3. The molecule has 0 radical (unpaired) electrons. The number of anilines is 1. The summed E-state index contributed by atoms with van der Waals surface area (Å²) in [5.41, 5.74) is 3.59. The molecule has 0 aliphatic rings. The Morgan fingerprint density at radius 3 is 2.32 bits per heavy atom. The van der Waals surface area contributed by atoms with Gasteiger partial charge in [-0.25, -0.2) is 4.79 Å². The van der Waals surface area contributed by atoms with Crippen molar-refractivity contribution in [3.63, 3.8) is 0 Å². The predicted molar refractivity (Wildman–Crippen MR) is 142 cm³/mol. The van der Waals surface area contributed by atoms with E-state index in [0.29, 0.717) is 34.7 Å². The Morgan fingerprint density at radius 2 is 1.62 bits per heavy atom. The molecule has 0 saturated carbocycles. The van der Waals surface area contributed by atoms with Crippen LogP contribution < -0.4 is 10.6 Å². The van der Waals surface area contributed by atoms with Gasteiger partial charge in [0, 0.05) is 52.2 Å². The van der Waals surface area contributed by atoms with Gasteiger partial charge in [-0.05, 0) is 74.9 Å². The highest BCUT2D eigenvalue weighted by molar-refractivity contribution is 6.42. The molecule has 0 unspecified atom stereocenters. The van der Waals surface area contributed by atoms with E-state index in [1.54, 1.807) is 6.07 Å². The van der Waals surface area contributed by atoms with Crippen molar-refractivity contribution in [3.05, 3.63) is 75.2 Å². The lowest BCUT2D eigenvalue weighted by Crippen LogP contribution is -2.34. The molecule has 1 amide bonds. The number of alkyl carbamates (subject to hydrolysis) is 1. The number of benzene rings is 3. The number of nitrogens with zero attached hydrogens (tertiary/aromatic N) is 1. The number of rotatable bonds is 6. The molecule has 34 heavy (non-hydrogen) atoms. The highest BCUT2D eigenvalue weighted by Crippen LogP contribution is 2.33. The summed E-state index contributed by atoms with van der Waals surface area (Å²) in [5.74, 6) is 0. The maximum absolute atomic E-state index is 12.0. The molecule has 0 spiro atoms. The highest BCUT2D eigenvalue weighted by atomic mass is 35.5. The third-order valence-electron chi connectivity index (χ3n) is 5.31. The molecule has 3 aromatic carbocycles. The van der Waals surface area contributed by atoms with Gasteiger partial charge in [-0.1, -0.05) is 40.9 Å². The first-order chi connectivity index (χ1) is 16.1. The summed E-state index contributed by atoms with van der Waals surface area (Å²) in [6.07, 6.45) is -0.426. The Balaban J connectivity index is 1.58. The second-order valence-electron chi connectivity index (χ2n) is 9.08. The average molecular weight is 519 g/mol. The zero-order valence-electron chi connectivity index (χ0n) is 19.2. The molecular formula is C26H26Cl3N3O2. The van der Waals surface area contributed by atoms with E-state index in [1.165, 1.54) is 0 Å². The highest BCUT2D eigenvalue weighted by Gasteiger charge is 2.16. The molecular weight excluding hydrogens is 493 g/mol. The topological polar surface area (TPSA) is 55.3 Å².